The quantitative estimate of drug-likeness (QED) is 0.458. The number of hydrogen-bond acceptors (Lipinski definition) is 4. The van der Waals surface area contributed by atoms with Crippen LogP contribution < -0.4 is 5.32 Å². The molecule has 0 rings (SSSR count). The molecule has 0 bridgehead atoms. The van der Waals surface area contributed by atoms with E-state index in [1.54, 1.807) is 4.90 Å². The summed E-state index contributed by atoms with van der Waals surface area (Å²) in [4.78, 5) is 33.5. The van der Waals surface area contributed by atoms with E-state index >= 15 is 0 Å². The summed E-state index contributed by atoms with van der Waals surface area (Å²) in [5, 5.41) is 19.7. The Hall–Kier alpha value is -1.89. The molecule has 0 heterocycles. The Labute approximate surface area is 105 Å². The molecule has 0 aliphatic rings. The molecule has 0 unspecified atom stereocenters. The van der Waals surface area contributed by atoms with Crippen LogP contribution in [0.25, 0.3) is 0 Å². The molecule has 0 aromatic heterocycles. The van der Waals surface area contributed by atoms with Gasteiger partial charge in [0.05, 0.1) is 12.8 Å². The highest BCUT2D eigenvalue weighted by atomic mass is 16.4. The van der Waals surface area contributed by atoms with Crippen molar-refractivity contribution in [3.8, 4) is 0 Å². The van der Waals surface area contributed by atoms with Crippen LogP contribution in [-0.2, 0) is 14.4 Å². The number of nitrogens with zero attached hydrogens (tertiary/aromatic N) is 1. The molecule has 18 heavy (non-hydrogen) atoms. The molecule has 102 valence electrons. The third-order valence-electron chi connectivity index (χ3n) is 2.20. The molecule has 0 spiro atoms. The van der Waals surface area contributed by atoms with Gasteiger partial charge in [0.2, 0.25) is 5.91 Å². The fraction of sp³-hybridized carbons (Fsp3) is 0.545. The molecule has 0 aliphatic heterocycles. The maximum absolute atomic E-state index is 10.9. The largest absolute Gasteiger partial charge is 0.481 e. The Bertz CT molecular complexity index is 299. The van der Waals surface area contributed by atoms with Gasteiger partial charge >= 0.3 is 11.9 Å². The van der Waals surface area contributed by atoms with Crippen LogP contribution >= 0.6 is 0 Å². The lowest BCUT2D eigenvalue weighted by molar-refractivity contribution is -0.137. The second-order valence-electron chi connectivity index (χ2n) is 3.62. The van der Waals surface area contributed by atoms with Gasteiger partial charge < -0.3 is 20.4 Å². The van der Waals surface area contributed by atoms with Gasteiger partial charge in [-0.2, -0.15) is 0 Å². The van der Waals surface area contributed by atoms with E-state index in [0.717, 1.165) is 6.08 Å². The highest BCUT2D eigenvalue weighted by molar-refractivity contribution is 5.86. The van der Waals surface area contributed by atoms with Crippen molar-refractivity contribution in [3.63, 3.8) is 0 Å². The smallest absolute Gasteiger partial charge is 0.304 e. The zero-order valence-electron chi connectivity index (χ0n) is 10.1. The van der Waals surface area contributed by atoms with Gasteiger partial charge in [-0.1, -0.05) is 6.58 Å². The molecule has 0 atom stereocenters. The monoisotopic (exact) mass is 258 g/mol. The van der Waals surface area contributed by atoms with Crippen molar-refractivity contribution in [1.29, 1.82) is 0 Å². The van der Waals surface area contributed by atoms with Crippen LogP contribution in [0.2, 0.25) is 0 Å². The maximum Gasteiger partial charge on any atom is 0.304 e. The standard InChI is InChI=1S/C11H18N2O5/c1-2-9(14)12-5-8-13(6-3-10(15)16)7-4-11(17)18/h2H,1,3-8H2,(H,12,14)(H,15,16)(H,17,18). The van der Waals surface area contributed by atoms with Gasteiger partial charge in [-0.05, 0) is 6.08 Å². The van der Waals surface area contributed by atoms with Crippen molar-refractivity contribution < 1.29 is 24.6 Å². The van der Waals surface area contributed by atoms with Crippen molar-refractivity contribution in [2.75, 3.05) is 26.2 Å². The predicted octanol–water partition coefficient (Wildman–Crippen LogP) is -0.460. The number of carbonyl (C=O) groups is 3. The molecular weight excluding hydrogens is 240 g/mol. The average Bonchev–Trinajstić information content (AvgIpc) is 2.31. The lowest BCUT2D eigenvalue weighted by Crippen LogP contribution is -2.36. The highest BCUT2D eigenvalue weighted by Crippen LogP contribution is 1.94. The third-order valence-corrected chi connectivity index (χ3v) is 2.20. The molecule has 7 heteroatoms. The molecule has 1 amide bonds. The number of hydrogen-bond donors (Lipinski definition) is 3. The van der Waals surface area contributed by atoms with Crippen LogP contribution in [0.3, 0.4) is 0 Å². The Morgan fingerprint density at radius 1 is 1.06 bits per heavy atom. The van der Waals surface area contributed by atoms with Crippen LogP contribution in [0.5, 0.6) is 0 Å². The number of carbonyl (C=O) groups excluding carboxylic acids is 1. The first-order valence-corrected chi connectivity index (χ1v) is 5.52. The van der Waals surface area contributed by atoms with Gasteiger partial charge in [0.25, 0.3) is 0 Å². The van der Waals surface area contributed by atoms with E-state index in [-0.39, 0.29) is 31.8 Å². The van der Waals surface area contributed by atoms with Crippen molar-refractivity contribution in [1.82, 2.24) is 10.2 Å². The summed E-state index contributed by atoms with van der Waals surface area (Å²) in [5.41, 5.74) is 0. The van der Waals surface area contributed by atoms with Gasteiger partial charge in [0, 0.05) is 26.2 Å². The minimum Gasteiger partial charge on any atom is -0.481 e. The van der Waals surface area contributed by atoms with Crippen LogP contribution in [0, 0.1) is 0 Å². The first-order valence-electron chi connectivity index (χ1n) is 5.52. The Kier molecular flexibility index (Phi) is 8.21. The van der Waals surface area contributed by atoms with Gasteiger partial charge in [-0.3, -0.25) is 14.4 Å². The molecule has 7 nitrogen and oxygen atoms in total. The maximum atomic E-state index is 10.9. The number of rotatable bonds is 10. The van der Waals surface area contributed by atoms with E-state index in [2.05, 4.69) is 11.9 Å². The summed E-state index contributed by atoms with van der Waals surface area (Å²) in [5.74, 6) is -2.19. The lowest BCUT2D eigenvalue weighted by atomic mass is 10.3. The molecule has 3 N–H and O–H groups in total. The van der Waals surface area contributed by atoms with Crippen LogP contribution in [-0.4, -0.2) is 59.1 Å². The summed E-state index contributed by atoms with van der Waals surface area (Å²) in [6.45, 7) is 4.54. The number of carboxylic acid groups (broad SMARTS) is 2. The van der Waals surface area contributed by atoms with Gasteiger partial charge in [0.1, 0.15) is 0 Å². The fourth-order valence-corrected chi connectivity index (χ4v) is 1.25. The topological polar surface area (TPSA) is 107 Å². The first kappa shape index (κ1) is 16.1. The van der Waals surface area contributed by atoms with Gasteiger partial charge in [0.15, 0.2) is 0 Å². The summed E-state index contributed by atoms with van der Waals surface area (Å²) in [6.07, 6.45) is 1.02. The molecular formula is C11H18N2O5. The predicted molar refractivity (Wildman–Crippen MR) is 64.2 cm³/mol. The zero-order valence-corrected chi connectivity index (χ0v) is 10.1. The van der Waals surface area contributed by atoms with Gasteiger partial charge in [-0.25, -0.2) is 0 Å². The molecule has 0 fully saturated rings. The molecule has 0 aliphatic carbocycles. The molecule has 0 aromatic rings. The Morgan fingerprint density at radius 3 is 1.94 bits per heavy atom. The van der Waals surface area contributed by atoms with Gasteiger partial charge in [-0.15, -0.1) is 0 Å². The number of amides is 1. The summed E-state index contributed by atoms with van der Waals surface area (Å²) < 4.78 is 0. The van der Waals surface area contributed by atoms with E-state index in [1.165, 1.54) is 0 Å². The normalized spacial score (nSPS) is 10.1. The van der Waals surface area contributed by atoms with E-state index < -0.39 is 11.9 Å². The van der Waals surface area contributed by atoms with E-state index in [9.17, 15) is 14.4 Å². The molecule has 0 aromatic carbocycles. The number of carboxylic acids is 2. The van der Waals surface area contributed by atoms with Crippen molar-refractivity contribution in [3.05, 3.63) is 12.7 Å². The van der Waals surface area contributed by atoms with Crippen molar-refractivity contribution in [2.24, 2.45) is 0 Å². The van der Waals surface area contributed by atoms with Crippen LogP contribution in [0.15, 0.2) is 12.7 Å². The average molecular weight is 258 g/mol. The highest BCUT2D eigenvalue weighted by Gasteiger charge is 2.09. The third kappa shape index (κ3) is 9.34. The summed E-state index contributed by atoms with van der Waals surface area (Å²) >= 11 is 0. The van der Waals surface area contributed by atoms with Crippen molar-refractivity contribution >= 4 is 17.8 Å². The second kappa shape index (κ2) is 9.17. The van der Waals surface area contributed by atoms with E-state index in [0.29, 0.717) is 13.1 Å². The van der Waals surface area contributed by atoms with Crippen molar-refractivity contribution in [2.45, 2.75) is 12.8 Å². The minimum absolute atomic E-state index is 0.0605. The zero-order chi connectivity index (χ0) is 14.0. The molecule has 0 saturated carbocycles. The summed E-state index contributed by atoms with van der Waals surface area (Å²) in [6, 6.07) is 0. The van der Waals surface area contributed by atoms with Crippen LogP contribution in [0.4, 0.5) is 0 Å². The van der Waals surface area contributed by atoms with Crippen LogP contribution in [0.1, 0.15) is 12.8 Å². The fourth-order valence-electron chi connectivity index (χ4n) is 1.25. The molecule has 0 saturated heterocycles. The van der Waals surface area contributed by atoms with E-state index in [4.69, 9.17) is 10.2 Å². The summed E-state index contributed by atoms with van der Waals surface area (Å²) in [7, 11) is 0. The van der Waals surface area contributed by atoms with E-state index in [1.807, 2.05) is 0 Å². The minimum atomic E-state index is -0.939. The second-order valence-corrected chi connectivity index (χ2v) is 3.62. The molecule has 0 radical (unpaired) electrons. The Balaban J connectivity index is 4.02. The first-order chi connectivity index (χ1) is 8.45. The lowest BCUT2D eigenvalue weighted by Gasteiger charge is -2.20. The number of aliphatic carboxylic acids is 2. The Morgan fingerprint density at radius 2 is 1.56 bits per heavy atom. The number of nitrogens with one attached hydrogen (secondary N) is 1. The SMILES string of the molecule is C=CC(=O)NCCN(CCC(=O)O)CCC(=O)O.